The molecule has 0 saturated heterocycles. The van der Waals surface area contributed by atoms with E-state index in [-0.39, 0.29) is 9.21 Å². The first-order valence-corrected chi connectivity index (χ1v) is 4.50. The van der Waals surface area contributed by atoms with Gasteiger partial charge in [0.1, 0.15) is 16.2 Å². The predicted octanol–water partition coefficient (Wildman–Crippen LogP) is 3.43. The van der Waals surface area contributed by atoms with Crippen molar-refractivity contribution in [3.05, 3.63) is 20.3 Å². The van der Waals surface area contributed by atoms with Crippen LogP contribution in [-0.2, 0) is 6.18 Å². The van der Waals surface area contributed by atoms with Crippen LogP contribution >= 0.6 is 31.9 Å². The molecule has 0 spiro atoms. The Kier molecular flexibility index (Phi) is 2.73. The molecule has 0 aliphatic rings. The number of aromatic nitrogens is 1. The van der Waals surface area contributed by atoms with E-state index in [1.54, 1.807) is 0 Å². The lowest BCUT2D eigenvalue weighted by Crippen LogP contribution is -2.06. The Bertz CT molecular complexity index is 374. The van der Waals surface area contributed by atoms with Crippen LogP contribution in [0.4, 0.5) is 13.2 Å². The lowest BCUT2D eigenvalue weighted by atomic mass is 10.2. The van der Waals surface area contributed by atoms with Gasteiger partial charge in [-0.3, -0.25) is 0 Å². The molecule has 1 aromatic heterocycles. The monoisotopic (exact) mass is 316 g/mol. The van der Waals surface area contributed by atoms with Crippen molar-refractivity contribution in [3.63, 3.8) is 0 Å². The van der Waals surface area contributed by atoms with Gasteiger partial charge in [0.25, 0.3) is 0 Å². The summed E-state index contributed by atoms with van der Waals surface area (Å²) in [4.78, 5) is 2.32. The fourth-order valence-electron chi connectivity index (χ4n) is 0.812. The summed E-state index contributed by atoms with van der Waals surface area (Å²) >= 11 is 5.50. The molecule has 0 radical (unpaired) electrons. The summed E-state index contributed by atoms with van der Waals surface area (Å²) in [6.07, 6.45) is -4.54. The molecule has 0 aromatic carbocycles. The second kappa shape index (κ2) is 3.35. The summed E-state index contributed by atoms with van der Waals surface area (Å²) < 4.78 is 36.6. The van der Waals surface area contributed by atoms with Gasteiger partial charge in [-0.2, -0.15) is 18.4 Å². The standard InChI is InChI=1S/C6HBr2F3N2/c7-4-2(1-12)3(5(8)13-4)6(9,10)11/h13H. The van der Waals surface area contributed by atoms with Crippen LogP contribution in [0.1, 0.15) is 11.1 Å². The molecule has 0 amide bonds. The van der Waals surface area contributed by atoms with Gasteiger partial charge >= 0.3 is 6.18 Å². The van der Waals surface area contributed by atoms with E-state index in [1.165, 1.54) is 6.07 Å². The Morgan fingerprint density at radius 3 is 2.08 bits per heavy atom. The van der Waals surface area contributed by atoms with Crippen molar-refractivity contribution in [2.75, 3.05) is 0 Å². The summed E-state index contributed by atoms with van der Waals surface area (Å²) in [5.74, 6) is 0. The Hall–Kier alpha value is -0.480. The number of nitriles is 1. The highest BCUT2D eigenvalue weighted by Crippen LogP contribution is 2.39. The molecule has 0 aliphatic heterocycles. The van der Waals surface area contributed by atoms with Crippen molar-refractivity contribution in [1.82, 2.24) is 4.98 Å². The fraction of sp³-hybridized carbons (Fsp3) is 0.167. The molecule has 7 heteroatoms. The summed E-state index contributed by atoms with van der Waals surface area (Å²) in [6, 6.07) is 1.46. The van der Waals surface area contributed by atoms with Crippen LogP contribution in [0.25, 0.3) is 0 Å². The van der Waals surface area contributed by atoms with Crippen molar-refractivity contribution in [3.8, 4) is 6.07 Å². The minimum Gasteiger partial charge on any atom is -0.342 e. The highest BCUT2D eigenvalue weighted by atomic mass is 79.9. The number of rotatable bonds is 0. The number of hydrogen-bond donors (Lipinski definition) is 1. The molecule has 1 aromatic rings. The average Bonchev–Trinajstić information content (AvgIpc) is 2.23. The summed E-state index contributed by atoms with van der Waals surface area (Å²) in [5, 5.41) is 8.46. The molecule has 70 valence electrons. The zero-order valence-corrected chi connectivity index (χ0v) is 9.01. The first-order valence-electron chi connectivity index (χ1n) is 2.92. The molecule has 1 N–H and O–H groups in total. The molecule has 0 unspecified atom stereocenters. The van der Waals surface area contributed by atoms with Crippen molar-refractivity contribution in [2.45, 2.75) is 6.18 Å². The Balaban J connectivity index is 3.45. The first-order chi connectivity index (χ1) is 5.88. The molecule has 13 heavy (non-hydrogen) atoms. The number of halogens is 5. The van der Waals surface area contributed by atoms with Crippen molar-refractivity contribution in [2.24, 2.45) is 0 Å². The second-order valence-electron chi connectivity index (χ2n) is 2.11. The van der Waals surface area contributed by atoms with Gasteiger partial charge in [-0.05, 0) is 31.9 Å². The third-order valence-electron chi connectivity index (χ3n) is 1.30. The van der Waals surface area contributed by atoms with Gasteiger partial charge in [0.2, 0.25) is 0 Å². The predicted molar refractivity (Wildman–Crippen MR) is 45.9 cm³/mol. The minimum atomic E-state index is -4.54. The van der Waals surface area contributed by atoms with Crippen molar-refractivity contribution in [1.29, 1.82) is 5.26 Å². The van der Waals surface area contributed by atoms with E-state index in [0.29, 0.717) is 0 Å². The van der Waals surface area contributed by atoms with Crippen LogP contribution in [0.3, 0.4) is 0 Å². The van der Waals surface area contributed by atoms with E-state index in [2.05, 4.69) is 36.8 Å². The van der Waals surface area contributed by atoms with Crippen LogP contribution in [0.15, 0.2) is 9.21 Å². The third-order valence-corrected chi connectivity index (χ3v) is 2.49. The van der Waals surface area contributed by atoms with E-state index in [4.69, 9.17) is 5.26 Å². The van der Waals surface area contributed by atoms with E-state index in [9.17, 15) is 13.2 Å². The molecule has 0 atom stereocenters. The number of alkyl halides is 3. The van der Waals surface area contributed by atoms with E-state index < -0.39 is 17.3 Å². The van der Waals surface area contributed by atoms with Gasteiger partial charge in [-0.1, -0.05) is 0 Å². The summed E-state index contributed by atoms with van der Waals surface area (Å²) in [7, 11) is 0. The lowest BCUT2D eigenvalue weighted by molar-refractivity contribution is -0.138. The van der Waals surface area contributed by atoms with E-state index >= 15 is 0 Å². The van der Waals surface area contributed by atoms with Crippen LogP contribution in [0, 0.1) is 11.3 Å². The van der Waals surface area contributed by atoms with Crippen LogP contribution in [0.2, 0.25) is 0 Å². The Morgan fingerprint density at radius 2 is 1.77 bits per heavy atom. The largest absolute Gasteiger partial charge is 0.420 e. The van der Waals surface area contributed by atoms with E-state index in [1.807, 2.05) is 0 Å². The zero-order valence-electron chi connectivity index (χ0n) is 5.84. The summed E-state index contributed by atoms with van der Waals surface area (Å²) in [6.45, 7) is 0. The minimum absolute atomic E-state index is 0.0224. The smallest absolute Gasteiger partial charge is 0.342 e. The third kappa shape index (κ3) is 1.89. The van der Waals surface area contributed by atoms with Crippen LogP contribution in [0.5, 0.6) is 0 Å². The van der Waals surface area contributed by atoms with Crippen LogP contribution < -0.4 is 0 Å². The van der Waals surface area contributed by atoms with Crippen molar-refractivity contribution < 1.29 is 13.2 Å². The molecule has 0 fully saturated rings. The van der Waals surface area contributed by atoms with Crippen LogP contribution in [-0.4, -0.2) is 4.98 Å². The number of nitrogens with zero attached hydrogens (tertiary/aromatic N) is 1. The van der Waals surface area contributed by atoms with Gasteiger partial charge < -0.3 is 4.98 Å². The molecule has 0 saturated carbocycles. The molecular weight excluding hydrogens is 317 g/mol. The Morgan fingerprint density at radius 1 is 1.23 bits per heavy atom. The van der Waals surface area contributed by atoms with Gasteiger partial charge in [0.15, 0.2) is 0 Å². The van der Waals surface area contributed by atoms with Gasteiger partial charge in [-0.25, -0.2) is 0 Å². The van der Waals surface area contributed by atoms with Gasteiger partial charge in [0, 0.05) is 0 Å². The van der Waals surface area contributed by atoms with Gasteiger partial charge in [-0.15, -0.1) is 0 Å². The SMILES string of the molecule is N#Cc1c(Br)[nH]c(Br)c1C(F)(F)F. The highest BCUT2D eigenvalue weighted by molar-refractivity contribution is 9.11. The fourth-order valence-corrected chi connectivity index (χ4v) is 2.18. The van der Waals surface area contributed by atoms with Crippen molar-refractivity contribution >= 4 is 31.9 Å². The topological polar surface area (TPSA) is 39.6 Å². The second-order valence-corrected chi connectivity index (χ2v) is 3.70. The number of H-pyrrole nitrogens is 1. The summed E-state index contributed by atoms with van der Waals surface area (Å²) in [5.41, 5.74) is -1.43. The lowest BCUT2D eigenvalue weighted by Gasteiger charge is -2.04. The van der Waals surface area contributed by atoms with Gasteiger partial charge in [0.05, 0.1) is 10.2 Å². The number of nitrogens with one attached hydrogen (secondary N) is 1. The molecule has 0 bridgehead atoms. The number of aromatic amines is 1. The number of hydrogen-bond acceptors (Lipinski definition) is 1. The average molecular weight is 318 g/mol. The first kappa shape index (κ1) is 10.6. The zero-order chi connectivity index (χ0) is 10.2. The molecule has 1 rings (SSSR count). The quantitative estimate of drug-likeness (QED) is 0.782. The normalized spacial score (nSPS) is 11.4. The Labute approximate surface area is 88.0 Å². The maximum absolute atomic E-state index is 12.3. The maximum Gasteiger partial charge on any atom is 0.420 e. The molecular formula is C6HBr2F3N2. The van der Waals surface area contributed by atoms with E-state index in [0.717, 1.165) is 0 Å². The molecule has 2 nitrogen and oxygen atoms in total. The molecule has 0 aliphatic carbocycles. The maximum atomic E-state index is 12.3. The molecule has 1 heterocycles. The highest BCUT2D eigenvalue weighted by Gasteiger charge is 2.38.